The second-order valence-corrected chi connectivity index (χ2v) is 2.01. The van der Waals surface area contributed by atoms with Crippen LogP contribution in [0.2, 0.25) is 0 Å². The van der Waals surface area contributed by atoms with Crippen molar-refractivity contribution in [3.05, 3.63) is 0 Å². The van der Waals surface area contributed by atoms with E-state index >= 15 is 0 Å². The van der Waals surface area contributed by atoms with Crippen LogP contribution >= 0.6 is 0 Å². The first kappa shape index (κ1) is 19.4. The van der Waals surface area contributed by atoms with Crippen molar-refractivity contribution in [1.82, 2.24) is 0 Å². The molecule has 90 valence electrons. The molecule has 4 N–H and O–H groups in total. The van der Waals surface area contributed by atoms with Gasteiger partial charge in [0.2, 0.25) is 0 Å². The fourth-order valence-electron chi connectivity index (χ4n) is 0.270. The number of nitrogens with zero attached hydrogens (tertiary/aromatic N) is 2. The summed E-state index contributed by atoms with van der Waals surface area (Å²) < 4.78 is 0. The summed E-state index contributed by atoms with van der Waals surface area (Å²) in [7, 11) is 0. The number of carbonyl (C=O) groups is 2. The molecular formula is C8H12N2O6. The molecule has 0 amide bonds. The zero-order valence-corrected chi connectivity index (χ0v) is 8.65. The summed E-state index contributed by atoms with van der Waals surface area (Å²) in [4.78, 5) is 19.5. The maximum atomic E-state index is 9.77. The molecule has 0 aliphatic rings. The summed E-state index contributed by atoms with van der Waals surface area (Å²) in [5.41, 5.74) is 0. The van der Waals surface area contributed by atoms with E-state index in [0.717, 1.165) is 0 Å². The van der Waals surface area contributed by atoms with Crippen LogP contribution < -0.4 is 0 Å². The lowest BCUT2D eigenvalue weighted by Gasteiger charge is -2.07. The maximum Gasteiger partial charge on any atom is 0.335 e. The Kier molecular flexibility index (Phi) is 15.6. The molecule has 0 heterocycles. The molecular weight excluding hydrogens is 220 g/mol. The molecule has 0 aromatic rings. The van der Waals surface area contributed by atoms with Crippen LogP contribution in [-0.4, -0.2) is 44.6 Å². The van der Waals surface area contributed by atoms with Crippen molar-refractivity contribution in [2.75, 3.05) is 0 Å². The molecule has 2 unspecified atom stereocenters. The lowest BCUT2D eigenvalue weighted by Crippen LogP contribution is -2.39. The van der Waals surface area contributed by atoms with Crippen LogP contribution in [0.1, 0.15) is 13.8 Å². The maximum absolute atomic E-state index is 9.77. The average molecular weight is 232 g/mol. The summed E-state index contributed by atoms with van der Waals surface area (Å²) in [6, 6.07) is 3.50. The number of aliphatic hydroxyl groups is 2. The molecule has 8 heteroatoms. The minimum atomic E-state index is -2.27. The first-order valence-corrected chi connectivity index (χ1v) is 3.73. The molecule has 0 bridgehead atoms. The van der Waals surface area contributed by atoms with Gasteiger partial charge < -0.3 is 20.4 Å². The summed E-state index contributed by atoms with van der Waals surface area (Å²) in [6.07, 6.45) is -4.53. The lowest BCUT2D eigenvalue weighted by atomic mass is 10.2. The second-order valence-electron chi connectivity index (χ2n) is 2.01. The third-order valence-electron chi connectivity index (χ3n) is 0.805. The molecule has 0 aromatic carbocycles. The summed E-state index contributed by atoms with van der Waals surface area (Å²) in [5, 5.41) is 47.2. The van der Waals surface area contributed by atoms with Crippen LogP contribution in [-0.2, 0) is 9.59 Å². The second kappa shape index (κ2) is 12.8. The third kappa shape index (κ3) is 14.4. The van der Waals surface area contributed by atoms with Crippen molar-refractivity contribution < 1.29 is 30.0 Å². The van der Waals surface area contributed by atoms with Gasteiger partial charge in [0, 0.05) is 13.8 Å². The molecule has 2 atom stereocenters. The van der Waals surface area contributed by atoms with Crippen molar-refractivity contribution in [1.29, 1.82) is 10.5 Å². The smallest absolute Gasteiger partial charge is 0.335 e. The molecule has 0 aliphatic heterocycles. The Morgan fingerprint density at radius 1 is 0.938 bits per heavy atom. The average Bonchev–Trinajstić information content (AvgIpc) is 2.17. The Balaban J connectivity index is -0.000000235. The summed E-state index contributed by atoms with van der Waals surface area (Å²) in [6.45, 7) is 2.86. The zero-order valence-electron chi connectivity index (χ0n) is 8.65. The molecule has 0 saturated carbocycles. The molecule has 0 saturated heterocycles. The standard InChI is InChI=1S/C4H6O6.2C2H3N/c5-1(3(7)8)2(6)4(9)10;2*1-2-3/h1-2,5-6H,(H,7,8)(H,9,10);2*1H3. The molecule has 0 aliphatic carbocycles. The van der Waals surface area contributed by atoms with Gasteiger partial charge in [0.05, 0.1) is 12.1 Å². The van der Waals surface area contributed by atoms with E-state index in [2.05, 4.69) is 0 Å². The number of rotatable bonds is 3. The van der Waals surface area contributed by atoms with Crippen LogP contribution in [0, 0.1) is 22.7 Å². The van der Waals surface area contributed by atoms with Crippen molar-refractivity contribution in [2.24, 2.45) is 0 Å². The fraction of sp³-hybridized carbons (Fsp3) is 0.500. The van der Waals surface area contributed by atoms with Gasteiger partial charge in [-0.1, -0.05) is 0 Å². The van der Waals surface area contributed by atoms with Crippen molar-refractivity contribution >= 4 is 11.9 Å². The number of nitriles is 2. The molecule has 8 nitrogen and oxygen atoms in total. The third-order valence-corrected chi connectivity index (χ3v) is 0.805. The first-order chi connectivity index (χ1) is 7.29. The molecule has 0 spiro atoms. The number of aliphatic carboxylic acids is 2. The van der Waals surface area contributed by atoms with Gasteiger partial charge in [-0.25, -0.2) is 9.59 Å². The van der Waals surface area contributed by atoms with Gasteiger partial charge >= 0.3 is 11.9 Å². The SMILES string of the molecule is CC#N.CC#N.O=C(O)C(O)C(O)C(=O)O. The zero-order chi connectivity index (χ0) is 13.7. The largest absolute Gasteiger partial charge is 0.479 e. The van der Waals surface area contributed by atoms with Gasteiger partial charge in [0.15, 0.2) is 12.2 Å². The van der Waals surface area contributed by atoms with E-state index in [1.165, 1.54) is 13.8 Å². The monoisotopic (exact) mass is 232 g/mol. The van der Waals surface area contributed by atoms with Gasteiger partial charge in [-0.05, 0) is 0 Å². The van der Waals surface area contributed by atoms with E-state index in [1.54, 1.807) is 12.1 Å². The Morgan fingerprint density at radius 2 is 1.06 bits per heavy atom. The molecule has 0 radical (unpaired) electrons. The van der Waals surface area contributed by atoms with Gasteiger partial charge in [0.1, 0.15) is 0 Å². The van der Waals surface area contributed by atoms with Crippen molar-refractivity contribution in [2.45, 2.75) is 26.1 Å². The first-order valence-electron chi connectivity index (χ1n) is 3.73. The molecule has 0 fully saturated rings. The number of hydrogen-bond donors (Lipinski definition) is 4. The van der Waals surface area contributed by atoms with Gasteiger partial charge in [-0.2, -0.15) is 10.5 Å². The predicted octanol–water partition coefficient (Wildman–Crippen LogP) is -1.06. The minimum Gasteiger partial charge on any atom is -0.479 e. The normalized spacial score (nSPS) is 10.9. The highest BCUT2D eigenvalue weighted by Gasteiger charge is 2.29. The summed E-state index contributed by atoms with van der Waals surface area (Å²) in [5.74, 6) is -3.54. The van der Waals surface area contributed by atoms with Crippen LogP contribution in [0.5, 0.6) is 0 Å². The number of carboxylic acid groups (broad SMARTS) is 2. The Hall–Kier alpha value is -2.16. The highest BCUT2D eigenvalue weighted by atomic mass is 16.4. The highest BCUT2D eigenvalue weighted by Crippen LogP contribution is 1.92. The van der Waals surface area contributed by atoms with Crippen LogP contribution in [0.25, 0.3) is 0 Å². The molecule has 0 rings (SSSR count). The molecule has 16 heavy (non-hydrogen) atoms. The van der Waals surface area contributed by atoms with Gasteiger partial charge in [-0.15, -0.1) is 0 Å². The Labute approximate surface area is 91.6 Å². The lowest BCUT2D eigenvalue weighted by molar-refractivity contribution is -0.165. The van der Waals surface area contributed by atoms with Crippen LogP contribution in [0.4, 0.5) is 0 Å². The topological polar surface area (TPSA) is 163 Å². The Morgan fingerprint density at radius 3 is 1.12 bits per heavy atom. The van der Waals surface area contributed by atoms with E-state index in [-0.39, 0.29) is 0 Å². The minimum absolute atomic E-state index is 1.43. The van der Waals surface area contributed by atoms with Gasteiger partial charge in [-0.3, -0.25) is 0 Å². The predicted molar refractivity (Wildman–Crippen MR) is 49.9 cm³/mol. The van der Waals surface area contributed by atoms with Crippen molar-refractivity contribution in [3.8, 4) is 12.1 Å². The Bertz CT molecular complexity index is 260. The quantitative estimate of drug-likeness (QED) is 0.478. The fourth-order valence-corrected chi connectivity index (χ4v) is 0.270. The molecule has 0 aromatic heterocycles. The van der Waals surface area contributed by atoms with E-state index in [4.69, 9.17) is 30.9 Å². The van der Waals surface area contributed by atoms with Crippen LogP contribution in [0.15, 0.2) is 0 Å². The number of hydrogen-bond acceptors (Lipinski definition) is 6. The van der Waals surface area contributed by atoms with E-state index in [0.29, 0.717) is 0 Å². The van der Waals surface area contributed by atoms with Crippen molar-refractivity contribution in [3.63, 3.8) is 0 Å². The van der Waals surface area contributed by atoms with E-state index in [1.807, 2.05) is 0 Å². The van der Waals surface area contributed by atoms with E-state index in [9.17, 15) is 9.59 Å². The summed E-state index contributed by atoms with van der Waals surface area (Å²) >= 11 is 0. The van der Waals surface area contributed by atoms with E-state index < -0.39 is 24.1 Å². The van der Waals surface area contributed by atoms with Gasteiger partial charge in [0.25, 0.3) is 0 Å². The number of aliphatic hydroxyl groups excluding tert-OH is 2. The van der Waals surface area contributed by atoms with Crippen LogP contribution in [0.3, 0.4) is 0 Å². The highest BCUT2D eigenvalue weighted by molar-refractivity contribution is 5.83. The number of carboxylic acids is 2.